The minimum atomic E-state index is 0.442. The normalized spacial score (nSPS) is 26.4. The first kappa shape index (κ1) is 17.2. The van der Waals surface area contributed by atoms with Crippen LogP contribution in [0.1, 0.15) is 39.5 Å². The van der Waals surface area contributed by atoms with Gasteiger partial charge in [0, 0.05) is 38.8 Å². The van der Waals surface area contributed by atoms with Gasteiger partial charge in [-0.05, 0) is 45.7 Å². The second-order valence-corrected chi connectivity index (χ2v) is 7.60. The van der Waals surface area contributed by atoms with Crippen LogP contribution >= 0.6 is 0 Å². The molecule has 1 saturated heterocycles. The van der Waals surface area contributed by atoms with E-state index in [9.17, 15) is 0 Å². The largest absolute Gasteiger partial charge is 0.372 e. The lowest BCUT2D eigenvalue weighted by molar-refractivity contribution is 0.0201. The molecule has 21 heavy (non-hydrogen) atoms. The van der Waals surface area contributed by atoms with Crippen molar-refractivity contribution in [3.05, 3.63) is 0 Å². The zero-order chi connectivity index (χ0) is 15.2. The molecule has 1 heterocycles. The molecular formula is C17H35N3O. The Kier molecular flexibility index (Phi) is 6.93. The number of nitrogens with one attached hydrogen (secondary N) is 1. The molecule has 0 aromatic rings. The van der Waals surface area contributed by atoms with Crippen LogP contribution in [0.15, 0.2) is 0 Å². The van der Waals surface area contributed by atoms with E-state index in [1.165, 1.54) is 32.2 Å². The molecule has 0 radical (unpaired) electrons. The highest BCUT2D eigenvalue weighted by molar-refractivity contribution is 4.84. The van der Waals surface area contributed by atoms with Gasteiger partial charge in [-0.15, -0.1) is 0 Å². The van der Waals surface area contributed by atoms with E-state index >= 15 is 0 Å². The van der Waals surface area contributed by atoms with Crippen molar-refractivity contribution < 1.29 is 4.74 Å². The molecule has 4 nitrogen and oxygen atoms in total. The van der Waals surface area contributed by atoms with E-state index in [4.69, 9.17) is 4.74 Å². The fourth-order valence-electron chi connectivity index (χ4n) is 3.05. The Morgan fingerprint density at radius 1 is 1.05 bits per heavy atom. The van der Waals surface area contributed by atoms with Crippen LogP contribution in [0.2, 0.25) is 0 Å². The Morgan fingerprint density at radius 3 is 2.38 bits per heavy atom. The molecule has 2 rings (SSSR count). The van der Waals surface area contributed by atoms with Crippen LogP contribution in [-0.4, -0.2) is 74.9 Å². The van der Waals surface area contributed by atoms with Gasteiger partial charge in [0.05, 0.1) is 12.2 Å². The van der Waals surface area contributed by atoms with Crippen LogP contribution in [-0.2, 0) is 4.74 Å². The van der Waals surface area contributed by atoms with Gasteiger partial charge in [0.25, 0.3) is 0 Å². The number of hydrogen-bond donors (Lipinski definition) is 1. The summed E-state index contributed by atoms with van der Waals surface area (Å²) in [6, 6.07) is 0.796. The molecule has 4 heteroatoms. The molecule has 124 valence electrons. The zero-order valence-electron chi connectivity index (χ0n) is 14.5. The summed E-state index contributed by atoms with van der Waals surface area (Å²) in [6.07, 6.45) is 6.08. The lowest BCUT2D eigenvalue weighted by Gasteiger charge is -2.28. The molecule has 2 unspecified atom stereocenters. The van der Waals surface area contributed by atoms with E-state index < -0.39 is 0 Å². The molecule has 1 aliphatic heterocycles. The van der Waals surface area contributed by atoms with Crippen molar-refractivity contribution in [1.29, 1.82) is 0 Å². The predicted octanol–water partition coefficient (Wildman–Crippen LogP) is 1.81. The monoisotopic (exact) mass is 297 g/mol. The molecule has 1 N–H and O–H groups in total. The highest BCUT2D eigenvalue weighted by atomic mass is 16.5. The van der Waals surface area contributed by atoms with E-state index in [1.54, 1.807) is 0 Å². The van der Waals surface area contributed by atoms with Gasteiger partial charge in [-0.1, -0.05) is 13.8 Å². The summed E-state index contributed by atoms with van der Waals surface area (Å²) in [5.74, 6) is 0.723. The van der Waals surface area contributed by atoms with Crippen LogP contribution in [0, 0.1) is 5.92 Å². The minimum Gasteiger partial charge on any atom is -0.372 e. The van der Waals surface area contributed by atoms with Gasteiger partial charge in [0.15, 0.2) is 0 Å². The lowest BCUT2D eigenvalue weighted by Crippen LogP contribution is -2.39. The summed E-state index contributed by atoms with van der Waals surface area (Å²) in [4.78, 5) is 4.86. The summed E-state index contributed by atoms with van der Waals surface area (Å²) in [5, 5.41) is 3.60. The van der Waals surface area contributed by atoms with Gasteiger partial charge >= 0.3 is 0 Å². The maximum Gasteiger partial charge on any atom is 0.0707 e. The van der Waals surface area contributed by atoms with Gasteiger partial charge in [-0.3, -0.25) is 4.90 Å². The van der Waals surface area contributed by atoms with E-state index in [-0.39, 0.29) is 0 Å². The average molecular weight is 297 g/mol. The molecular weight excluding hydrogens is 262 g/mol. The van der Waals surface area contributed by atoms with Crippen LogP contribution < -0.4 is 5.32 Å². The topological polar surface area (TPSA) is 27.7 Å². The highest BCUT2D eigenvalue weighted by Gasteiger charge is 2.29. The molecule has 0 bridgehead atoms. The van der Waals surface area contributed by atoms with Gasteiger partial charge in [-0.2, -0.15) is 0 Å². The van der Waals surface area contributed by atoms with Gasteiger partial charge < -0.3 is 15.0 Å². The Labute approximate surface area is 131 Å². The van der Waals surface area contributed by atoms with Gasteiger partial charge in [0.2, 0.25) is 0 Å². The molecule has 2 aliphatic rings. The molecule has 1 saturated carbocycles. The number of hydrogen-bond acceptors (Lipinski definition) is 4. The van der Waals surface area contributed by atoms with Crippen molar-refractivity contribution in [2.75, 3.05) is 46.8 Å². The highest BCUT2D eigenvalue weighted by Crippen LogP contribution is 2.23. The molecule has 1 aliphatic carbocycles. The summed E-state index contributed by atoms with van der Waals surface area (Å²) in [7, 11) is 4.30. The van der Waals surface area contributed by atoms with E-state index in [0.717, 1.165) is 38.1 Å². The number of nitrogens with zero attached hydrogens (tertiary/aromatic N) is 2. The average Bonchev–Trinajstić information content (AvgIpc) is 3.13. The molecule has 0 aromatic heterocycles. The summed E-state index contributed by atoms with van der Waals surface area (Å²) in [6.45, 7) is 10.2. The smallest absolute Gasteiger partial charge is 0.0707 e. The Hall–Kier alpha value is -0.160. The fraction of sp³-hybridized carbons (Fsp3) is 1.00. The van der Waals surface area contributed by atoms with Gasteiger partial charge in [-0.25, -0.2) is 0 Å². The van der Waals surface area contributed by atoms with E-state index in [0.29, 0.717) is 12.2 Å². The third-order valence-corrected chi connectivity index (χ3v) is 4.36. The fourth-order valence-corrected chi connectivity index (χ4v) is 3.05. The first-order valence-electron chi connectivity index (χ1n) is 8.79. The van der Waals surface area contributed by atoms with Crippen LogP contribution in [0.4, 0.5) is 0 Å². The van der Waals surface area contributed by atoms with Crippen molar-refractivity contribution in [3.8, 4) is 0 Å². The number of rotatable bonds is 10. The van der Waals surface area contributed by atoms with Crippen molar-refractivity contribution in [3.63, 3.8) is 0 Å². The number of ether oxygens (including phenoxy) is 1. The standard InChI is InChI=1S/C17H35N3O/c1-14(2)12-20(10-9-19(3)4)13-17-8-7-16(21-17)11-18-15-5-6-15/h14-18H,5-13H2,1-4H3. The third-order valence-electron chi connectivity index (χ3n) is 4.36. The van der Waals surface area contributed by atoms with Crippen molar-refractivity contribution in [2.24, 2.45) is 5.92 Å². The molecule has 0 spiro atoms. The third kappa shape index (κ3) is 7.09. The van der Waals surface area contributed by atoms with Crippen LogP contribution in [0.3, 0.4) is 0 Å². The lowest BCUT2D eigenvalue weighted by atomic mass is 10.1. The first-order valence-corrected chi connectivity index (χ1v) is 8.79. The quantitative estimate of drug-likeness (QED) is 0.665. The second kappa shape index (κ2) is 8.47. The summed E-state index contributed by atoms with van der Waals surface area (Å²) >= 11 is 0. The summed E-state index contributed by atoms with van der Waals surface area (Å²) in [5.41, 5.74) is 0. The maximum atomic E-state index is 6.24. The molecule has 0 amide bonds. The van der Waals surface area contributed by atoms with E-state index in [1.807, 2.05) is 0 Å². The van der Waals surface area contributed by atoms with Crippen molar-refractivity contribution in [2.45, 2.75) is 57.8 Å². The maximum absolute atomic E-state index is 6.24. The molecule has 0 aromatic carbocycles. The van der Waals surface area contributed by atoms with Crippen LogP contribution in [0.5, 0.6) is 0 Å². The number of likely N-dealkylation sites (N-methyl/N-ethyl adjacent to an activating group) is 1. The van der Waals surface area contributed by atoms with Crippen LogP contribution in [0.25, 0.3) is 0 Å². The predicted molar refractivity (Wildman–Crippen MR) is 88.8 cm³/mol. The second-order valence-electron chi connectivity index (χ2n) is 7.60. The van der Waals surface area contributed by atoms with Gasteiger partial charge in [0.1, 0.15) is 0 Å². The minimum absolute atomic E-state index is 0.442. The molecule has 2 atom stereocenters. The van der Waals surface area contributed by atoms with Crippen molar-refractivity contribution in [1.82, 2.24) is 15.1 Å². The first-order chi connectivity index (χ1) is 10.0. The Balaban J connectivity index is 1.68. The summed E-state index contributed by atoms with van der Waals surface area (Å²) < 4.78 is 6.24. The molecule has 2 fully saturated rings. The SMILES string of the molecule is CC(C)CN(CCN(C)C)CC1CCC(CNC2CC2)O1. The zero-order valence-corrected chi connectivity index (χ0v) is 14.5. The van der Waals surface area contributed by atoms with E-state index in [2.05, 4.69) is 43.1 Å². The van der Waals surface area contributed by atoms with Crippen molar-refractivity contribution >= 4 is 0 Å². The Bertz CT molecular complexity index is 292. The Morgan fingerprint density at radius 2 is 1.76 bits per heavy atom.